The number of hydrogen-bond acceptors (Lipinski definition) is 7. The molecule has 1 atom stereocenters. The summed E-state index contributed by atoms with van der Waals surface area (Å²) in [6, 6.07) is 7.44. The van der Waals surface area contributed by atoms with Gasteiger partial charge in [-0.15, -0.1) is 20.4 Å². The van der Waals surface area contributed by atoms with E-state index in [-0.39, 0.29) is 11.2 Å². The minimum absolute atomic E-state index is 0.148. The molecule has 136 valence electrons. The first-order valence-corrected chi connectivity index (χ1v) is 10.0. The van der Waals surface area contributed by atoms with E-state index < -0.39 is 0 Å². The van der Waals surface area contributed by atoms with Crippen molar-refractivity contribution in [3.63, 3.8) is 0 Å². The van der Waals surface area contributed by atoms with Gasteiger partial charge in [0.05, 0.1) is 5.25 Å². The normalized spacial score (nSPS) is 12.2. The molecule has 26 heavy (non-hydrogen) atoms. The second-order valence-corrected chi connectivity index (χ2v) is 8.36. The summed E-state index contributed by atoms with van der Waals surface area (Å²) in [4.78, 5) is 12.4. The van der Waals surface area contributed by atoms with E-state index in [1.807, 2.05) is 49.6 Å². The largest absolute Gasteiger partial charge is 0.302 e. The Morgan fingerprint density at radius 1 is 1.27 bits per heavy atom. The van der Waals surface area contributed by atoms with Crippen LogP contribution in [0.3, 0.4) is 0 Å². The van der Waals surface area contributed by atoms with Crippen LogP contribution in [0.2, 0.25) is 5.02 Å². The molecule has 1 amide bonds. The number of amides is 1. The van der Waals surface area contributed by atoms with Gasteiger partial charge in [-0.3, -0.25) is 10.1 Å². The first-order chi connectivity index (χ1) is 12.5. The van der Waals surface area contributed by atoms with Gasteiger partial charge in [0.25, 0.3) is 0 Å². The summed E-state index contributed by atoms with van der Waals surface area (Å²) in [6.45, 7) is 6.37. The van der Waals surface area contributed by atoms with Gasteiger partial charge in [0.15, 0.2) is 11.0 Å². The number of anilines is 1. The second-order valence-electron chi connectivity index (χ2n) is 5.43. The van der Waals surface area contributed by atoms with Gasteiger partial charge < -0.3 is 4.57 Å². The molecule has 2 aromatic heterocycles. The number of hydrogen-bond donors (Lipinski definition) is 1. The summed E-state index contributed by atoms with van der Waals surface area (Å²) in [6.07, 6.45) is 0. The highest BCUT2D eigenvalue weighted by Gasteiger charge is 2.21. The monoisotopic (exact) mass is 408 g/mol. The molecule has 0 radical (unpaired) electrons. The number of benzene rings is 1. The molecule has 0 bridgehead atoms. The average molecular weight is 409 g/mol. The van der Waals surface area contributed by atoms with E-state index in [2.05, 4.69) is 25.7 Å². The van der Waals surface area contributed by atoms with Crippen molar-refractivity contribution in [2.24, 2.45) is 0 Å². The lowest BCUT2D eigenvalue weighted by Gasteiger charge is -2.11. The Morgan fingerprint density at radius 2 is 2.00 bits per heavy atom. The highest BCUT2D eigenvalue weighted by atomic mass is 35.5. The van der Waals surface area contributed by atoms with E-state index in [9.17, 15) is 4.79 Å². The highest BCUT2D eigenvalue weighted by molar-refractivity contribution is 8.00. The Bertz CT molecular complexity index is 908. The summed E-state index contributed by atoms with van der Waals surface area (Å²) in [5.74, 6) is 0.601. The number of aryl methyl sites for hydroxylation is 1. The molecule has 0 saturated heterocycles. The molecule has 0 aliphatic heterocycles. The van der Waals surface area contributed by atoms with Crippen molar-refractivity contribution in [3.05, 3.63) is 34.3 Å². The number of halogens is 1. The third kappa shape index (κ3) is 4.22. The minimum atomic E-state index is -0.355. The molecule has 2 heterocycles. The standard InChI is InChI=1S/C16H17ClN6OS2/c1-4-23-13(11-5-7-12(17)8-6-11)20-22-16(23)25-9(2)14(24)18-15-21-19-10(3)26-15/h5-9H,4H2,1-3H3,(H,18,21,24). The summed E-state index contributed by atoms with van der Waals surface area (Å²) in [7, 11) is 0. The smallest absolute Gasteiger partial charge is 0.239 e. The van der Waals surface area contributed by atoms with Gasteiger partial charge >= 0.3 is 0 Å². The number of nitrogens with zero attached hydrogens (tertiary/aromatic N) is 5. The molecular formula is C16H17ClN6OS2. The molecule has 1 N–H and O–H groups in total. The molecule has 1 aromatic carbocycles. The van der Waals surface area contributed by atoms with Crippen molar-refractivity contribution in [1.29, 1.82) is 0 Å². The number of carbonyl (C=O) groups is 1. The molecular weight excluding hydrogens is 392 g/mol. The van der Waals surface area contributed by atoms with Gasteiger partial charge in [0.1, 0.15) is 5.01 Å². The molecule has 7 nitrogen and oxygen atoms in total. The highest BCUT2D eigenvalue weighted by Crippen LogP contribution is 2.28. The van der Waals surface area contributed by atoms with E-state index in [0.717, 1.165) is 16.4 Å². The number of nitrogens with one attached hydrogen (secondary N) is 1. The zero-order valence-electron chi connectivity index (χ0n) is 14.4. The summed E-state index contributed by atoms with van der Waals surface area (Å²) in [5, 5.41) is 21.4. The number of carbonyl (C=O) groups excluding carboxylic acids is 1. The van der Waals surface area contributed by atoms with E-state index >= 15 is 0 Å². The van der Waals surface area contributed by atoms with Gasteiger partial charge in [-0.05, 0) is 45.0 Å². The predicted molar refractivity (Wildman–Crippen MR) is 105 cm³/mol. The van der Waals surface area contributed by atoms with Gasteiger partial charge in [-0.25, -0.2) is 0 Å². The Morgan fingerprint density at radius 3 is 2.62 bits per heavy atom. The van der Waals surface area contributed by atoms with Gasteiger partial charge in [0, 0.05) is 17.1 Å². The van der Waals surface area contributed by atoms with Crippen LogP contribution in [-0.4, -0.2) is 36.1 Å². The maximum absolute atomic E-state index is 12.4. The molecule has 3 aromatic rings. The van der Waals surface area contributed by atoms with Crippen LogP contribution in [0.5, 0.6) is 0 Å². The lowest BCUT2D eigenvalue weighted by Crippen LogP contribution is -2.22. The van der Waals surface area contributed by atoms with Crippen LogP contribution in [0.1, 0.15) is 18.9 Å². The van der Waals surface area contributed by atoms with Crippen LogP contribution in [0.4, 0.5) is 5.13 Å². The van der Waals surface area contributed by atoms with Crippen LogP contribution in [0.25, 0.3) is 11.4 Å². The molecule has 0 fully saturated rings. The fraction of sp³-hybridized carbons (Fsp3) is 0.312. The van der Waals surface area contributed by atoms with Crippen LogP contribution in [0, 0.1) is 6.92 Å². The first-order valence-electron chi connectivity index (χ1n) is 7.94. The second kappa shape index (κ2) is 8.15. The van der Waals surface area contributed by atoms with Crippen molar-refractivity contribution < 1.29 is 4.79 Å². The quantitative estimate of drug-likeness (QED) is 0.622. The molecule has 0 aliphatic carbocycles. The van der Waals surface area contributed by atoms with Gasteiger partial charge in [0.2, 0.25) is 11.0 Å². The molecule has 3 rings (SSSR count). The Balaban J connectivity index is 1.75. The molecule has 10 heteroatoms. The number of rotatable bonds is 6. The van der Waals surface area contributed by atoms with Crippen molar-refractivity contribution >= 4 is 45.7 Å². The molecule has 0 aliphatic rings. The lowest BCUT2D eigenvalue weighted by molar-refractivity contribution is -0.115. The van der Waals surface area contributed by atoms with Crippen molar-refractivity contribution in [2.45, 2.75) is 37.7 Å². The summed E-state index contributed by atoms with van der Waals surface area (Å²) >= 11 is 8.65. The fourth-order valence-corrected chi connectivity index (χ4v) is 3.87. The van der Waals surface area contributed by atoms with Crippen LogP contribution >= 0.6 is 34.7 Å². The molecule has 0 saturated carbocycles. The van der Waals surface area contributed by atoms with Crippen LogP contribution in [-0.2, 0) is 11.3 Å². The zero-order valence-corrected chi connectivity index (χ0v) is 16.8. The van der Waals surface area contributed by atoms with E-state index in [1.165, 1.54) is 23.1 Å². The van der Waals surface area contributed by atoms with E-state index in [0.29, 0.717) is 21.9 Å². The third-order valence-corrected chi connectivity index (χ3v) is 5.63. The lowest BCUT2D eigenvalue weighted by atomic mass is 10.2. The van der Waals surface area contributed by atoms with Crippen molar-refractivity contribution in [3.8, 4) is 11.4 Å². The Labute approximate surface area is 164 Å². The minimum Gasteiger partial charge on any atom is -0.302 e. The fourth-order valence-electron chi connectivity index (χ4n) is 2.24. The van der Waals surface area contributed by atoms with Crippen LogP contribution < -0.4 is 5.32 Å². The summed E-state index contributed by atoms with van der Waals surface area (Å²) in [5.41, 5.74) is 0.928. The first kappa shape index (κ1) is 18.8. The van der Waals surface area contributed by atoms with Gasteiger partial charge in [-0.2, -0.15) is 0 Å². The molecule has 1 unspecified atom stereocenters. The summed E-state index contributed by atoms with van der Waals surface area (Å²) < 4.78 is 1.98. The van der Waals surface area contributed by atoms with E-state index in [1.54, 1.807) is 0 Å². The molecule has 0 spiro atoms. The zero-order chi connectivity index (χ0) is 18.7. The third-order valence-electron chi connectivity index (χ3n) is 3.54. The topological polar surface area (TPSA) is 85.6 Å². The Hall–Kier alpha value is -1.97. The van der Waals surface area contributed by atoms with Crippen LogP contribution in [0.15, 0.2) is 29.4 Å². The maximum Gasteiger partial charge on any atom is 0.239 e. The number of thioether (sulfide) groups is 1. The van der Waals surface area contributed by atoms with E-state index in [4.69, 9.17) is 11.6 Å². The maximum atomic E-state index is 12.4. The SMILES string of the molecule is CCn1c(SC(C)C(=O)Nc2nnc(C)s2)nnc1-c1ccc(Cl)cc1. The number of aromatic nitrogens is 5. The van der Waals surface area contributed by atoms with Crippen molar-refractivity contribution in [2.75, 3.05) is 5.32 Å². The van der Waals surface area contributed by atoms with Crippen molar-refractivity contribution in [1.82, 2.24) is 25.0 Å². The average Bonchev–Trinajstić information content (AvgIpc) is 3.21. The predicted octanol–water partition coefficient (Wildman–Crippen LogP) is 3.90. The van der Waals surface area contributed by atoms with Gasteiger partial charge in [-0.1, -0.05) is 34.7 Å². The Kier molecular flexibility index (Phi) is 5.90.